The van der Waals surface area contributed by atoms with Crippen molar-refractivity contribution in [3.63, 3.8) is 0 Å². The fourth-order valence-electron chi connectivity index (χ4n) is 1.92. The van der Waals surface area contributed by atoms with Gasteiger partial charge in [-0.1, -0.05) is 12.1 Å². The minimum Gasteiger partial charge on any atom is -0.494 e. The minimum absolute atomic E-state index is 0.154. The molecule has 0 heterocycles. The molecular weight excluding hydrogens is 275 g/mol. The van der Waals surface area contributed by atoms with Gasteiger partial charge >= 0.3 is 0 Å². The van der Waals surface area contributed by atoms with E-state index in [0.717, 1.165) is 29.5 Å². The standard InChI is InChI=1S/C15H15FN2O3/c1-2-21-13-5-3-4-11(8-13)10-17-14-9-12(16)6-7-15(14)18(19)20/h3-9,17H,2,10H2,1H3. The summed E-state index contributed by atoms with van der Waals surface area (Å²) in [5, 5.41) is 13.8. The molecule has 0 amide bonds. The van der Waals surface area contributed by atoms with E-state index < -0.39 is 10.7 Å². The Kier molecular flexibility index (Phi) is 4.71. The molecule has 0 saturated carbocycles. The zero-order valence-corrected chi connectivity index (χ0v) is 11.5. The van der Waals surface area contributed by atoms with E-state index in [-0.39, 0.29) is 11.4 Å². The summed E-state index contributed by atoms with van der Waals surface area (Å²) in [5.74, 6) is 0.205. The first-order valence-electron chi connectivity index (χ1n) is 6.49. The van der Waals surface area contributed by atoms with Crippen LogP contribution in [0.1, 0.15) is 12.5 Å². The number of rotatable bonds is 6. The first-order chi connectivity index (χ1) is 10.1. The lowest BCUT2D eigenvalue weighted by Gasteiger charge is -2.09. The Morgan fingerprint density at radius 3 is 2.81 bits per heavy atom. The van der Waals surface area contributed by atoms with Crippen LogP contribution < -0.4 is 10.1 Å². The van der Waals surface area contributed by atoms with E-state index in [0.29, 0.717) is 13.2 Å². The van der Waals surface area contributed by atoms with Gasteiger partial charge in [0.25, 0.3) is 5.69 Å². The lowest BCUT2D eigenvalue weighted by Crippen LogP contribution is -2.03. The zero-order valence-electron chi connectivity index (χ0n) is 11.5. The van der Waals surface area contributed by atoms with E-state index in [2.05, 4.69) is 5.32 Å². The molecule has 0 aromatic heterocycles. The van der Waals surface area contributed by atoms with E-state index in [9.17, 15) is 14.5 Å². The maximum atomic E-state index is 13.2. The first-order valence-corrected chi connectivity index (χ1v) is 6.49. The number of nitrogens with zero attached hydrogens (tertiary/aromatic N) is 1. The highest BCUT2D eigenvalue weighted by Crippen LogP contribution is 2.25. The Morgan fingerprint density at radius 2 is 2.10 bits per heavy atom. The number of hydrogen-bond acceptors (Lipinski definition) is 4. The summed E-state index contributed by atoms with van der Waals surface area (Å²) >= 11 is 0. The van der Waals surface area contributed by atoms with Crippen LogP contribution >= 0.6 is 0 Å². The van der Waals surface area contributed by atoms with Crippen LogP contribution in [0.15, 0.2) is 42.5 Å². The summed E-state index contributed by atoms with van der Waals surface area (Å²) in [6.07, 6.45) is 0. The van der Waals surface area contributed by atoms with E-state index >= 15 is 0 Å². The summed E-state index contributed by atoms with van der Waals surface area (Å²) in [6, 6.07) is 10.7. The Hall–Kier alpha value is -2.63. The summed E-state index contributed by atoms with van der Waals surface area (Å²) in [5.41, 5.74) is 0.888. The highest BCUT2D eigenvalue weighted by atomic mass is 19.1. The van der Waals surface area contributed by atoms with Gasteiger partial charge in [-0.2, -0.15) is 0 Å². The second-order valence-electron chi connectivity index (χ2n) is 4.35. The number of benzene rings is 2. The highest BCUT2D eigenvalue weighted by molar-refractivity contribution is 5.61. The molecular formula is C15H15FN2O3. The van der Waals surface area contributed by atoms with Crippen molar-refractivity contribution in [3.8, 4) is 5.75 Å². The SMILES string of the molecule is CCOc1cccc(CNc2cc(F)ccc2[N+](=O)[O-])c1. The van der Waals surface area contributed by atoms with Crippen LogP contribution in [0.25, 0.3) is 0 Å². The van der Waals surface area contributed by atoms with Crippen LogP contribution in [0, 0.1) is 15.9 Å². The third-order valence-corrected chi connectivity index (χ3v) is 2.85. The summed E-state index contributed by atoms with van der Waals surface area (Å²) in [4.78, 5) is 10.4. The van der Waals surface area contributed by atoms with Crippen LogP contribution in [0.3, 0.4) is 0 Å². The zero-order chi connectivity index (χ0) is 15.2. The Morgan fingerprint density at radius 1 is 1.29 bits per heavy atom. The molecule has 1 N–H and O–H groups in total. The fourth-order valence-corrected chi connectivity index (χ4v) is 1.92. The molecule has 2 rings (SSSR count). The number of anilines is 1. The minimum atomic E-state index is -0.543. The number of nitro benzene ring substituents is 1. The monoisotopic (exact) mass is 290 g/mol. The Balaban J connectivity index is 2.14. The molecule has 5 nitrogen and oxygen atoms in total. The number of halogens is 1. The third-order valence-electron chi connectivity index (χ3n) is 2.85. The van der Waals surface area contributed by atoms with Gasteiger partial charge in [-0.15, -0.1) is 0 Å². The van der Waals surface area contributed by atoms with E-state index in [1.807, 2.05) is 31.2 Å². The van der Waals surface area contributed by atoms with Gasteiger partial charge in [0.1, 0.15) is 17.3 Å². The molecule has 21 heavy (non-hydrogen) atoms. The van der Waals surface area contributed by atoms with Crippen molar-refractivity contribution in [2.24, 2.45) is 0 Å². The second kappa shape index (κ2) is 6.69. The predicted octanol–water partition coefficient (Wildman–Crippen LogP) is 3.74. The summed E-state index contributed by atoms with van der Waals surface area (Å²) < 4.78 is 18.6. The molecule has 0 fully saturated rings. The normalized spacial score (nSPS) is 10.2. The predicted molar refractivity (Wildman–Crippen MR) is 78.0 cm³/mol. The Bertz CT molecular complexity index is 647. The smallest absolute Gasteiger partial charge is 0.292 e. The van der Waals surface area contributed by atoms with Gasteiger partial charge < -0.3 is 10.1 Å². The van der Waals surface area contributed by atoms with Gasteiger partial charge in [-0.3, -0.25) is 10.1 Å². The number of nitro groups is 1. The van der Waals surface area contributed by atoms with Gasteiger partial charge in [0.2, 0.25) is 0 Å². The lowest BCUT2D eigenvalue weighted by molar-refractivity contribution is -0.384. The van der Waals surface area contributed by atoms with Crippen molar-refractivity contribution in [1.29, 1.82) is 0 Å². The van der Waals surface area contributed by atoms with Crippen LogP contribution in [-0.2, 0) is 6.54 Å². The van der Waals surface area contributed by atoms with Gasteiger partial charge in [-0.05, 0) is 30.7 Å². The molecule has 0 saturated heterocycles. The fraction of sp³-hybridized carbons (Fsp3) is 0.200. The Labute approximate surface area is 121 Å². The van der Waals surface area contributed by atoms with Crippen molar-refractivity contribution in [1.82, 2.24) is 0 Å². The molecule has 2 aromatic rings. The molecule has 110 valence electrons. The molecule has 0 spiro atoms. The molecule has 0 atom stereocenters. The third kappa shape index (κ3) is 3.92. The molecule has 0 aliphatic heterocycles. The second-order valence-corrected chi connectivity index (χ2v) is 4.35. The van der Waals surface area contributed by atoms with E-state index in [4.69, 9.17) is 4.74 Å². The van der Waals surface area contributed by atoms with Crippen LogP contribution in [0.4, 0.5) is 15.8 Å². The van der Waals surface area contributed by atoms with Crippen molar-refractivity contribution in [3.05, 3.63) is 64.0 Å². The average molecular weight is 290 g/mol. The van der Waals surface area contributed by atoms with Gasteiger partial charge in [-0.25, -0.2) is 4.39 Å². The van der Waals surface area contributed by atoms with Crippen molar-refractivity contribution < 1.29 is 14.1 Å². The first kappa shape index (κ1) is 14.8. The molecule has 0 aliphatic rings. The maximum Gasteiger partial charge on any atom is 0.292 e. The number of nitrogens with one attached hydrogen (secondary N) is 1. The van der Waals surface area contributed by atoms with Crippen LogP contribution in [0.5, 0.6) is 5.75 Å². The molecule has 6 heteroatoms. The quantitative estimate of drug-likeness (QED) is 0.650. The van der Waals surface area contributed by atoms with E-state index in [1.54, 1.807) is 0 Å². The van der Waals surface area contributed by atoms with Gasteiger partial charge in [0, 0.05) is 18.7 Å². The lowest BCUT2D eigenvalue weighted by atomic mass is 10.2. The van der Waals surface area contributed by atoms with Gasteiger partial charge in [0.05, 0.1) is 11.5 Å². The van der Waals surface area contributed by atoms with Gasteiger partial charge in [0.15, 0.2) is 0 Å². The molecule has 0 radical (unpaired) electrons. The molecule has 2 aromatic carbocycles. The number of ether oxygens (including phenoxy) is 1. The summed E-state index contributed by atoms with van der Waals surface area (Å²) in [7, 11) is 0. The van der Waals surface area contributed by atoms with Crippen molar-refractivity contribution in [2.75, 3.05) is 11.9 Å². The van der Waals surface area contributed by atoms with E-state index in [1.165, 1.54) is 0 Å². The topological polar surface area (TPSA) is 64.4 Å². The number of hydrogen-bond donors (Lipinski definition) is 1. The van der Waals surface area contributed by atoms with Crippen molar-refractivity contribution >= 4 is 11.4 Å². The largest absolute Gasteiger partial charge is 0.494 e. The average Bonchev–Trinajstić information content (AvgIpc) is 2.45. The van der Waals surface area contributed by atoms with Crippen LogP contribution in [0.2, 0.25) is 0 Å². The van der Waals surface area contributed by atoms with Crippen molar-refractivity contribution in [2.45, 2.75) is 13.5 Å². The molecule has 0 aliphatic carbocycles. The highest BCUT2D eigenvalue weighted by Gasteiger charge is 2.14. The molecule has 0 bridgehead atoms. The maximum absolute atomic E-state index is 13.2. The van der Waals surface area contributed by atoms with Crippen LogP contribution in [-0.4, -0.2) is 11.5 Å². The molecule has 0 unspecified atom stereocenters. The summed E-state index contributed by atoms with van der Waals surface area (Å²) in [6.45, 7) is 2.79.